The van der Waals surface area contributed by atoms with E-state index < -0.39 is 5.91 Å². The van der Waals surface area contributed by atoms with Gasteiger partial charge in [0.25, 0.3) is 5.91 Å². The van der Waals surface area contributed by atoms with Gasteiger partial charge in [-0.05, 0) is 67.8 Å². The van der Waals surface area contributed by atoms with Gasteiger partial charge in [0.05, 0.1) is 17.3 Å². The zero-order valence-electron chi connectivity index (χ0n) is 26.3. The number of fused-ring (bicyclic) bond motifs is 1. The van der Waals surface area contributed by atoms with Crippen molar-refractivity contribution in [3.05, 3.63) is 99.2 Å². The second kappa shape index (κ2) is 16.0. The molecule has 0 saturated carbocycles. The third-order valence-corrected chi connectivity index (χ3v) is 8.65. The van der Waals surface area contributed by atoms with Gasteiger partial charge >= 0.3 is 0 Å². The maximum absolute atomic E-state index is 13.0. The minimum absolute atomic E-state index is 0. The summed E-state index contributed by atoms with van der Waals surface area (Å²) in [5, 5.41) is 6.85. The molecule has 2 heterocycles. The molecule has 0 radical (unpaired) electrons. The smallest absolute Gasteiger partial charge is 0.251 e. The van der Waals surface area contributed by atoms with Crippen LogP contribution in [0.25, 0.3) is 17.0 Å². The lowest BCUT2D eigenvalue weighted by Gasteiger charge is -2.22. The van der Waals surface area contributed by atoms with Crippen molar-refractivity contribution < 1.29 is 19.1 Å². The van der Waals surface area contributed by atoms with Gasteiger partial charge in [-0.25, -0.2) is 4.98 Å². The summed E-state index contributed by atoms with van der Waals surface area (Å²) >= 11 is 13.3. The van der Waals surface area contributed by atoms with Crippen molar-refractivity contribution >= 4 is 81.7 Å². The van der Waals surface area contributed by atoms with Crippen LogP contribution in [-0.4, -0.2) is 56.4 Å². The van der Waals surface area contributed by atoms with E-state index >= 15 is 0 Å². The molecule has 9 nitrogen and oxygen atoms in total. The summed E-state index contributed by atoms with van der Waals surface area (Å²) in [7, 11) is 3.14. The lowest BCUT2D eigenvalue weighted by molar-refractivity contribution is -0.122. The number of hydrogen-bond acceptors (Lipinski definition) is 6. The number of carbonyl (C=O) groups is 3. The Kier molecular flexibility index (Phi) is 12.1. The molecule has 5 rings (SSSR count). The number of amides is 3. The van der Waals surface area contributed by atoms with Crippen molar-refractivity contribution in [1.29, 1.82) is 0 Å². The van der Waals surface area contributed by atoms with Crippen LogP contribution in [0, 0.1) is 6.92 Å². The Labute approximate surface area is 290 Å². The van der Waals surface area contributed by atoms with Crippen LogP contribution in [-0.2, 0) is 16.2 Å². The lowest BCUT2D eigenvalue weighted by atomic mass is 10.1. The molecule has 3 amide bonds. The maximum Gasteiger partial charge on any atom is 0.251 e. The molecule has 3 aromatic carbocycles. The van der Waals surface area contributed by atoms with Gasteiger partial charge in [-0.2, -0.15) is 0 Å². The van der Waals surface area contributed by atoms with Gasteiger partial charge < -0.3 is 25.2 Å². The second-order valence-electron chi connectivity index (χ2n) is 11.0. The first kappa shape index (κ1) is 35.5. The molecule has 47 heavy (non-hydrogen) atoms. The van der Waals surface area contributed by atoms with E-state index in [4.69, 9.17) is 32.9 Å². The summed E-state index contributed by atoms with van der Waals surface area (Å²) in [5.41, 5.74) is 5.03. The van der Waals surface area contributed by atoms with Gasteiger partial charge in [0.1, 0.15) is 17.9 Å². The third kappa shape index (κ3) is 8.35. The number of pyridine rings is 1. The number of benzene rings is 3. The number of ether oxygens (including phenoxy) is 1. The van der Waals surface area contributed by atoms with Gasteiger partial charge in [0.2, 0.25) is 11.8 Å². The van der Waals surface area contributed by atoms with Gasteiger partial charge in [-0.3, -0.25) is 14.4 Å². The summed E-state index contributed by atoms with van der Waals surface area (Å²) in [5.74, 6) is -0.405. The van der Waals surface area contributed by atoms with E-state index in [0.717, 1.165) is 40.9 Å². The fraction of sp³-hybridized carbons (Fsp3) is 0.257. The second-order valence-corrected chi connectivity index (χ2v) is 11.8. The number of aryl methyl sites for hydroxylation is 1. The van der Waals surface area contributed by atoms with Crippen molar-refractivity contribution in [2.75, 3.05) is 43.5 Å². The molecule has 4 aromatic rings. The van der Waals surface area contributed by atoms with Crippen molar-refractivity contribution in [1.82, 2.24) is 15.6 Å². The Morgan fingerprint density at radius 3 is 2.47 bits per heavy atom. The van der Waals surface area contributed by atoms with Gasteiger partial charge in [0, 0.05) is 66.2 Å². The number of hydrogen-bond donors (Lipinski definition) is 2. The van der Waals surface area contributed by atoms with Gasteiger partial charge in [0.15, 0.2) is 0 Å². The fourth-order valence-corrected chi connectivity index (χ4v) is 5.93. The molecule has 1 aromatic heterocycles. The van der Waals surface area contributed by atoms with Gasteiger partial charge in [-0.1, -0.05) is 47.5 Å². The van der Waals surface area contributed by atoms with Crippen LogP contribution < -0.4 is 25.2 Å². The first-order valence-electron chi connectivity index (χ1n) is 15.0. The number of likely N-dealkylation sites (N-methyl/N-ethyl adjacent to an activating group) is 1. The molecule has 2 N–H and O–H groups in total. The zero-order chi connectivity index (χ0) is 32.8. The number of aromatic nitrogens is 1. The molecule has 1 saturated heterocycles. The van der Waals surface area contributed by atoms with Crippen LogP contribution in [0.5, 0.6) is 5.75 Å². The molecule has 12 heteroatoms. The molecule has 0 atom stereocenters. The highest BCUT2D eigenvalue weighted by Crippen LogP contribution is 2.37. The molecular weight excluding hydrogens is 661 g/mol. The Balaban J connectivity index is 0.00000500. The molecule has 1 aliphatic heterocycles. The summed E-state index contributed by atoms with van der Waals surface area (Å²) in [4.78, 5) is 45.6. The highest BCUT2D eigenvalue weighted by atomic mass is 35.5. The highest BCUT2D eigenvalue weighted by molar-refractivity contribution is 6.38. The maximum atomic E-state index is 13.0. The minimum Gasteiger partial charge on any atom is -0.487 e. The van der Waals surface area contributed by atoms with E-state index in [2.05, 4.69) is 27.7 Å². The molecule has 0 spiro atoms. The molecule has 1 fully saturated rings. The third-order valence-electron chi connectivity index (χ3n) is 7.87. The number of rotatable bonds is 10. The van der Waals surface area contributed by atoms with Crippen LogP contribution in [0.15, 0.2) is 66.7 Å². The number of halogens is 3. The van der Waals surface area contributed by atoms with E-state index in [1.807, 2.05) is 19.1 Å². The molecule has 0 aliphatic carbocycles. The first-order chi connectivity index (χ1) is 22.2. The average Bonchev–Trinajstić information content (AvgIpc) is 3.60. The predicted molar refractivity (Wildman–Crippen MR) is 191 cm³/mol. The summed E-state index contributed by atoms with van der Waals surface area (Å²) < 4.78 is 6.26. The van der Waals surface area contributed by atoms with E-state index in [9.17, 15) is 14.4 Å². The monoisotopic (exact) mass is 695 g/mol. The van der Waals surface area contributed by atoms with Crippen molar-refractivity contribution in [2.24, 2.45) is 0 Å². The van der Waals surface area contributed by atoms with Crippen LogP contribution in [0.2, 0.25) is 10.0 Å². The number of nitrogens with zero attached hydrogens (tertiary/aromatic N) is 3. The van der Waals surface area contributed by atoms with Gasteiger partial charge in [-0.15, -0.1) is 12.4 Å². The number of anilines is 2. The molecule has 246 valence electrons. The van der Waals surface area contributed by atoms with E-state index in [1.165, 1.54) is 23.8 Å². The summed E-state index contributed by atoms with van der Waals surface area (Å²) in [6.07, 6.45) is 5.26. The summed E-state index contributed by atoms with van der Waals surface area (Å²) in [6.45, 7) is 3.83. The van der Waals surface area contributed by atoms with Crippen LogP contribution >= 0.6 is 35.6 Å². The quantitative estimate of drug-likeness (QED) is 0.181. The highest BCUT2D eigenvalue weighted by Gasteiger charge is 2.21. The Morgan fingerprint density at radius 2 is 1.77 bits per heavy atom. The van der Waals surface area contributed by atoms with Crippen LogP contribution in [0.3, 0.4) is 0 Å². The van der Waals surface area contributed by atoms with E-state index in [1.54, 1.807) is 56.6 Å². The first-order valence-corrected chi connectivity index (χ1v) is 15.7. The number of para-hydroxylation sites is 1. The number of nitrogens with one attached hydrogen (secondary N) is 2. The SMILES string of the molecule is CNC(=O)c1ccc(/C=C/C(=O)NCC(=O)N(C)c2ccc(Cl)c(COc3cccc4c(N5CCCC5)cc(C)nc34)c2Cl)cc1.Cl. The molecule has 0 bridgehead atoms. The zero-order valence-corrected chi connectivity index (χ0v) is 28.6. The largest absolute Gasteiger partial charge is 0.487 e. The Morgan fingerprint density at radius 1 is 1.04 bits per heavy atom. The number of carbonyl (C=O) groups excluding carboxylic acids is 3. The normalized spacial score (nSPS) is 12.6. The lowest BCUT2D eigenvalue weighted by Crippen LogP contribution is -2.37. The van der Waals surface area contributed by atoms with Crippen molar-refractivity contribution in [3.63, 3.8) is 0 Å². The molecule has 0 unspecified atom stereocenters. The topological polar surface area (TPSA) is 104 Å². The summed E-state index contributed by atoms with van der Waals surface area (Å²) in [6, 6.07) is 18.1. The van der Waals surface area contributed by atoms with E-state index in [-0.39, 0.29) is 42.4 Å². The van der Waals surface area contributed by atoms with E-state index in [0.29, 0.717) is 27.6 Å². The van der Waals surface area contributed by atoms with Crippen LogP contribution in [0.4, 0.5) is 11.4 Å². The minimum atomic E-state index is -0.444. The average molecular weight is 697 g/mol. The van der Waals surface area contributed by atoms with Crippen molar-refractivity contribution in [2.45, 2.75) is 26.4 Å². The predicted octanol–water partition coefficient (Wildman–Crippen LogP) is 6.60. The standard InChI is InChI=1S/C35H35Cl2N5O4.ClH/c1-22-19-29(42-17-4-5-18-42)25-7-6-8-30(34(25)40-22)46-21-26-27(36)14-15-28(33(26)37)41(3)32(44)20-39-31(43)16-11-23-9-12-24(13-10-23)35(45)38-2;/h6-16,19H,4-5,17-18,20-21H2,1-3H3,(H,38,45)(H,39,43);1H/b16-11+;. The van der Waals surface area contributed by atoms with Crippen LogP contribution in [0.1, 0.15) is 40.0 Å². The Bertz CT molecular complexity index is 1810. The fourth-order valence-electron chi connectivity index (χ4n) is 5.33. The van der Waals surface area contributed by atoms with Crippen molar-refractivity contribution in [3.8, 4) is 5.75 Å². The molecule has 1 aliphatic rings. The Hall–Kier alpha value is -4.31. The molecular formula is C35H36Cl3N5O4.